The summed E-state index contributed by atoms with van der Waals surface area (Å²) in [7, 11) is 3.70. The fraction of sp³-hybridized carbons (Fsp3) is 0.125. The summed E-state index contributed by atoms with van der Waals surface area (Å²) in [5, 5.41) is 29.4. The Morgan fingerprint density at radius 2 is 2.00 bits per heavy atom. The molecule has 0 amide bonds. The zero-order chi connectivity index (χ0) is 16.8. The smallest absolute Gasteiger partial charge is 0.191 e. The van der Waals surface area contributed by atoms with E-state index < -0.39 is 0 Å². The van der Waals surface area contributed by atoms with E-state index in [1.165, 1.54) is 12.4 Å². The lowest BCUT2D eigenvalue weighted by atomic mass is 10.1. The minimum atomic E-state index is -0.206. The van der Waals surface area contributed by atoms with E-state index in [1.54, 1.807) is 30.3 Å². The first-order valence-corrected chi connectivity index (χ1v) is 6.75. The van der Waals surface area contributed by atoms with Gasteiger partial charge in [0.05, 0.1) is 17.3 Å². The Hall–Kier alpha value is -3.40. The van der Waals surface area contributed by atoms with Crippen LogP contribution in [0.25, 0.3) is 0 Å². The number of nitrogens with zero attached hydrogens (tertiary/aromatic N) is 4. The summed E-state index contributed by atoms with van der Waals surface area (Å²) in [5.74, 6) is 0.908. The molecule has 0 radical (unpaired) electrons. The standard InChI is InChI=1S/C16H16N6O/c1-22(2)15-8-14(19-10-20-15)21-16(23)7-13(18)12-5-3-11(9-17)4-6-12/h3-8,10,18,23H,1-2H3,(H,19,20,21)/b16-7+,18-13?. The number of aromatic nitrogens is 2. The molecule has 1 aromatic carbocycles. The van der Waals surface area contributed by atoms with Crippen molar-refractivity contribution in [2.24, 2.45) is 0 Å². The highest BCUT2D eigenvalue weighted by Crippen LogP contribution is 2.13. The molecule has 0 atom stereocenters. The quantitative estimate of drug-likeness (QED) is 0.577. The molecule has 0 aliphatic rings. The van der Waals surface area contributed by atoms with Gasteiger partial charge in [0, 0.05) is 26.2 Å². The summed E-state index contributed by atoms with van der Waals surface area (Å²) in [4.78, 5) is 9.90. The molecule has 1 aromatic heterocycles. The number of aliphatic hydroxyl groups excluding tert-OH is 1. The van der Waals surface area contributed by atoms with Crippen molar-refractivity contribution in [1.29, 1.82) is 10.7 Å². The molecule has 7 nitrogen and oxygen atoms in total. The van der Waals surface area contributed by atoms with Crippen molar-refractivity contribution in [2.75, 3.05) is 24.3 Å². The van der Waals surface area contributed by atoms with E-state index >= 15 is 0 Å². The molecule has 7 heteroatoms. The topological polar surface area (TPSA) is 109 Å². The predicted molar refractivity (Wildman–Crippen MR) is 88.7 cm³/mol. The average molecular weight is 308 g/mol. The number of aliphatic hydroxyl groups is 1. The summed E-state index contributed by atoms with van der Waals surface area (Å²) in [6, 6.07) is 10.2. The molecule has 0 unspecified atom stereocenters. The molecule has 23 heavy (non-hydrogen) atoms. The van der Waals surface area contributed by atoms with Crippen LogP contribution < -0.4 is 10.2 Å². The number of allylic oxidation sites excluding steroid dienone is 1. The van der Waals surface area contributed by atoms with Crippen LogP contribution in [0, 0.1) is 16.7 Å². The number of anilines is 2. The second kappa shape index (κ2) is 7.04. The van der Waals surface area contributed by atoms with Crippen LogP contribution in [0.4, 0.5) is 11.6 Å². The van der Waals surface area contributed by atoms with Crippen molar-refractivity contribution in [3.8, 4) is 6.07 Å². The Kier molecular flexibility index (Phi) is 4.89. The number of rotatable bonds is 5. The largest absolute Gasteiger partial charge is 0.494 e. The van der Waals surface area contributed by atoms with E-state index in [-0.39, 0.29) is 11.6 Å². The first-order valence-electron chi connectivity index (χ1n) is 6.75. The summed E-state index contributed by atoms with van der Waals surface area (Å²) in [5.41, 5.74) is 1.22. The zero-order valence-corrected chi connectivity index (χ0v) is 12.8. The molecule has 3 N–H and O–H groups in total. The van der Waals surface area contributed by atoms with Gasteiger partial charge >= 0.3 is 0 Å². The summed E-state index contributed by atoms with van der Waals surface area (Å²) in [6.07, 6.45) is 2.66. The van der Waals surface area contributed by atoms with Crippen LogP contribution in [0.3, 0.4) is 0 Å². The average Bonchev–Trinajstić information content (AvgIpc) is 2.55. The van der Waals surface area contributed by atoms with Gasteiger partial charge in [0.25, 0.3) is 0 Å². The first-order chi connectivity index (χ1) is 11.0. The van der Waals surface area contributed by atoms with Gasteiger partial charge in [-0.3, -0.25) is 0 Å². The number of nitriles is 1. The number of hydrogen-bond acceptors (Lipinski definition) is 7. The van der Waals surface area contributed by atoms with Gasteiger partial charge in [0.1, 0.15) is 18.0 Å². The minimum Gasteiger partial charge on any atom is -0.494 e. The molecule has 2 rings (SSSR count). The Morgan fingerprint density at radius 3 is 2.61 bits per heavy atom. The van der Waals surface area contributed by atoms with E-state index in [9.17, 15) is 5.11 Å². The molecule has 0 spiro atoms. The van der Waals surface area contributed by atoms with Crippen LogP contribution in [0.15, 0.2) is 48.6 Å². The van der Waals surface area contributed by atoms with Crippen LogP contribution in [0.5, 0.6) is 0 Å². The highest BCUT2D eigenvalue weighted by molar-refractivity contribution is 6.06. The van der Waals surface area contributed by atoms with Crippen LogP contribution >= 0.6 is 0 Å². The van der Waals surface area contributed by atoms with E-state index in [0.717, 1.165) is 0 Å². The molecule has 0 aliphatic heterocycles. The highest BCUT2D eigenvalue weighted by atomic mass is 16.3. The molecule has 0 bridgehead atoms. The lowest BCUT2D eigenvalue weighted by molar-refractivity contribution is 0.420. The molecule has 0 fully saturated rings. The van der Waals surface area contributed by atoms with Gasteiger partial charge in [0.2, 0.25) is 0 Å². The molecule has 2 aromatic rings. The fourth-order valence-corrected chi connectivity index (χ4v) is 1.77. The monoisotopic (exact) mass is 308 g/mol. The third-order valence-electron chi connectivity index (χ3n) is 2.97. The molecule has 1 heterocycles. The molecular weight excluding hydrogens is 292 g/mol. The van der Waals surface area contributed by atoms with E-state index in [0.29, 0.717) is 22.8 Å². The maximum Gasteiger partial charge on any atom is 0.191 e. The Balaban J connectivity index is 2.11. The molecule has 0 saturated carbocycles. The van der Waals surface area contributed by atoms with E-state index in [4.69, 9.17) is 10.7 Å². The van der Waals surface area contributed by atoms with Crippen molar-refractivity contribution in [3.63, 3.8) is 0 Å². The maximum absolute atomic E-state index is 9.95. The minimum absolute atomic E-state index is 0.112. The molecule has 0 saturated heterocycles. The lowest BCUT2D eigenvalue weighted by Gasteiger charge is -2.12. The third kappa shape index (κ3) is 4.28. The third-order valence-corrected chi connectivity index (χ3v) is 2.97. The van der Waals surface area contributed by atoms with Crippen molar-refractivity contribution >= 4 is 17.3 Å². The second-order valence-corrected chi connectivity index (χ2v) is 4.91. The van der Waals surface area contributed by atoms with Crippen molar-refractivity contribution in [2.45, 2.75) is 0 Å². The van der Waals surface area contributed by atoms with Crippen LogP contribution in [-0.4, -0.2) is 34.9 Å². The molecular formula is C16H16N6O. The van der Waals surface area contributed by atoms with Gasteiger partial charge in [-0.2, -0.15) is 5.26 Å². The van der Waals surface area contributed by atoms with Gasteiger partial charge in [-0.05, 0) is 17.7 Å². The number of benzene rings is 1. The highest BCUT2D eigenvalue weighted by Gasteiger charge is 2.04. The molecule has 116 valence electrons. The summed E-state index contributed by atoms with van der Waals surface area (Å²) >= 11 is 0. The van der Waals surface area contributed by atoms with Gasteiger partial charge in [-0.25, -0.2) is 9.97 Å². The van der Waals surface area contributed by atoms with Crippen LogP contribution in [0.2, 0.25) is 0 Å². The van der Waals surface area contributed by atoms with Crippen molar-refractivity contribution < 1.29 is 5.11 Å². The number of nitrogens with one attached hydrogen (secondary N) is 2. The Bertz CT molecular complexity index is 774. The normalized spacial score (nSPS) is 10.7. The fourth-order valence-electron chi connectivity index (χ4n) is 1.77. The summed E-state index contributed by atoms with van der Waals surface area (Å²) in [6.45, 7) is 0. The Morgan fingerprint density at radius 1 is 1.30 bits per heavy atom. The number of hydrogen-bond donors (Lipinski definition) is 3. The van der Waals surface area contributed by atoms with Gasteiger partial charge < -0.3 is 20.7 Å². The van der Waals surface area contributed by atoms with Crippen molar-refractivity contribution in [3.05, 3.63) is 59.7 Å². The second-order valence-electron chi connectivity index (χ2n) is 4.91. The Labute approximate surface area is 134 Å². The van der Waals surface area contributed by atoms with Gasteiger partial charge in [0.15, 0.2) is 5.88 Å². The lowest BCUT2D eigenvalue weighted by Crippen LogP contribution is -2.12. The van der Waals surface area contributed by atoms with E-state index in [1.807, 2.05) is 25.1 Å². The first kappa shape index (κ1) is 16.0. The van der Waals surface area contributed by atoms with Crippen LogP contribution in [-0.2, 0) is 0 Å². The summed E-state index contributed by atoms with van der Waals surface area (Å²) < 4.78 is 0. The maximum atomic E-state index is 9.95. The van der Waals surface area contributed by atoms with Gasteiger partial charge in [-0.1, -0.05) is 12.1 Å². The SMILES string of the molecule is CN(C)c1cc(N/C(O)=C\C(=N)c2ccc(C#N)cc2)ncn1. The van der Waals surface area contributed by atoms with E-state index in [2.05, 4.69) is 15.3 Å². The van der Waals surface area contributed by atoms with Crippen molar-refractivity contribution in [1.82, 2.24) is 9.97 Å². The zero-order valence-electron chi connectivity index (χ0n) is 12.8. The van der Waals surface area contributed by atoms with Crippen LogP contribution in [0.1, 0.15) is 11.1 Å². The molecule has 0 aliphatic carbocycles. The van der Waals surface area contributed by atoms with Gasteiger partial charge in [-0.15, -0.1) is 0 Å². The predicted octanol–water partition coefficient (Wildman–Crippen LogP) is 2.29.